The summed E-state index contributed by atoms with van der Waals surface area (Å²) in [7, 11) is -3.95. The van der Waals surface area contributed by atoms with E-state index in [-0.39, 0.29) is 52.0 Å². The fourth-order valence-corrected chi connectivity index (χ4v) is 7.62. The van der Waals surface area contributed by atoms with Gasteiger partial charge in [0, 0.05) is 38.6 Å². The average molecular weight is 734 g/mol. The summed E-state index contributed by atoms with van der Waals surface area (Å²) in [6.07, 6.45) is -15.7. The van der Waals surface area contributed by atoms with Crippen molar-refractivity contribution in [3.05, 3.63) is 0 Å². The Hall–Kier alpha value is -0.810. The number of nitrogens with one attached hydrogen (secondary N) is 2. The summed E-state index contributed by atoms with van der Waals surface area (Å²) in [4.78, 5) is 0. The first-order valence-corrected chi connectivity index (χ1v) is 18.1. The highest BCUT2D eigenvalue weighted by Gasteiger charge is 2.54. The van der Waals surface area contributed by atoms with Crippen LogP contribution in [0.5, 0.6) is 0 Å². The molecule has 288 valence electrons. The first-order chi connectivity index (χ1) is 23.2. The zero-order chi connectivity index (χ0) is 36.0. The molecule has 0 amide bonds. The van der Waals surface area contributed by atoms with Gasteiger partial charge in [-0.1, -0.05) is 0 Å². The zero-order valence-electron chi connectivity index (χ0n) is 27.1. The third kappa shape index (κ3) is 10.2. The van der Waals surface area contributed by atoms with Gasteiger partial charge in [0.05, 0.1) is 67.6 Å². The molecule has 3 heterocycles. The van der Waals surface area contributed by atoms with Gasteiger partial charge in [0.25, 0.3) is 0 Å². The number of ether oxygens (including phenoxy) is 6. The van der Waals surface area contributed by atoms with Crippen LogP contribution in [0.2, 0.25) is 0 Å². The summed E-state index contributed by atoms with van der Waals surface area (Å²) in [6, 6.07) is -4.06. The van der Waals surface area contributed by atoms with Gasteiger partial charge in [-0.15, -0.1) is 0 Å². The molecule has 0 aromatic rings. The van der Waals surface area contributed by atoms with Gasteiger partial charge in [-0.05, 0) is 12.8 Å². The maximum absolute atomic E-state index is 12.6. The maximum Gasteiger partial charge on any atom is 0.213 e. The van der Waals surface area contributed by atoms with Crippen LogP contribution in [0.1, 0.15) is 19.3 Å². The molecule has 4 aliphatic rings. The summed E-state index contributed by atoms with van der Waals surface area (Å²) < 4.78 is 63.3. The number of nitrogens with two attached hydrogens (primary N) is 5. The van der Waals surface area contributed by atoms with Crippen LogP contribution in [0.3, 0.4) is 0 Å². The number of hydrogen-bond acceptors (Lipinski definition) is 20. The van der Waals surface area contributed by atoms with E-state index in [0.717, 1.165) is 0 Å². The van der Waals surface area contributed by atoms with Crippen molar-refractivity contribution >= 4 is 10.0 Å². The third-order valence-corrected chi connectivity index (χ3v) is 10.6. The minimum absolute atomic E-state index is 0.0627. The molecule has 0 spiro atoms. The van der Waals surface area contributed by atoms with E-state index in [9.17, 15) is 34.0 Å². The standard InChI is InChI=1S/C27H55N7O14S/c28-1-4-49(41,42)34-14-6-12(30)22(46-25-13(31)7-15(37)17(44-25)9-33-2-3-35)24(20(14)39)48-27-21(40)23(18(10-36)45-27)47-26-19(32)16(38)5-11(8-29)43-26/h11-27,33-40H,1-10,28-32H2/t11-,12+,13-,14-,15?,16+,17-,18-,19-,20+,21-,22-,23-,24-,25-,26-,27+/m1/s1. The minimum Gasteiger partial charge on any atom is -0.395 e. The predicted octanol–water partition coefficient (Wildman–Crippen LogP) is -8.29. The summed E-state index contributed by atoms with van der Waals surface area (Å²) in [5, 5.41) is 65.9. The van der Waals surface area contributed by atoms with Crippen LogP contribution >= 0.6 is 0 Å². The molecule has 4 fully saturated rings. The lowest BCUT2D eigenvalue weighted by molar-refractivity contribution is -0.296. The fraction of sp³-hybridized carbons (Fsp3) is 1.00. The predicted molar refractivity (Wildman–Crippen MR) is 168 cm³/mol. The molecule has 1 unspecified atom stereocenters. The monoisotopic (exact) mass is 733 g/mol. The average Bonchev–Trinajstić information content (AvgIpc) is 3.34. The van der Waals surface area contributed by atoms with Gasteiger partial charge in [0.1, 0.15) is 30.5 Å². The Morgan fingerprint density at radius 2 is 1.43 bits per heavy atom. The molecule has 0 radical (unpaired) electrons. The third-order valence-electron chi connectivity index (χ3n) is 9.17. The quantitative estimate of drug-likeness (QED) is 0.0655. The molecule has 0 bridgehead atoms. The van der Waals surface area contributed by atoms with Crippen molar-refractivity contribution in [2.75, 3.05) is 45.1 Å². The van der Waals surface area contributed by atoms with E-state index in [1.807, 2.05) is 0 Å². The number of aliphatic hydroxyl groups excluding tert-OH is 6. The second-order valence-electron chi connectivity index (χ2n) is 12.9. The smallest absolute Gasteiger partial charge is 0.213 e. The Morgan fingerprint density at radius 1 is 0.755 bits per heavy atom. The van der Waals surface area contributed by atoms with E-state index in [4.69, 9.17) is 62.2 Å². The Balaban J connectivity index is 1.55. The van der Waals surface area contributed by atoms with Crippen LogP contribution < -0.4 is 38.7 Å². The van der Waals surface area contributed by atoms with E-state index in [1.54, 1.807) is 0 Å². The van der Waals surface area contributed by atoms with Crippen LogP contribution in [-0.4, -0.2) is 188 Å². The van der Waals surface area contributed by atoms with Gasteiger partial charge in [0.2, 0.25) is 10.0 Å². The van der Waals surface area contributed by atoms with Crippen molar-refractivity contribution in [2.24, 2.45) is 28.7 Å². The fourth-order valence-electron chi connectivity index (χ4n) is 6.49. The largest absolute Gasteiger partial charge is 0.395 e. The van der Waals surface area contributed by atoms with Crippen molar-refractivity contribution in [3.63, 3.8) is 0 Å². The molecule has 0 aromatic heterocycles. The Bertz CT molecular complexity index is 1120. The van der Waals surface area contributed by atoms with E-state index in [0.29, 0.717) is 0 Å². The molecule has 3 aliphatic heterocycles. The van der Waals surface area contributed by atoms with Crippen LogP contribution in [-0.2, 0) is 38.4 Å². The Kier molecular flexibility index (Phi) is 15.3. The molecule has 49 heavy (non-hydrogen) atoms. The van der Waals surface area contributed by atoms with Gasteiger partial charge < -0.3 is 93.0 Å². The second-order valence-corrected chi connectivity index (χ2v) is 14.8. The number of hydrogen-bond donors (Lipinski definition) is 13. The molecule has 3 saturated heterocycles. The van der Waals surface area contributed by atoms with Crippen molar-refractivity contribution in [1.29, 1.82) is 0 Å². The lowest BCUT2D eigenvalue weighted by Crippen LogP contribution is -2.67. The molecular formula is C27H55N7O14S. The summed E-state index contributed by atoms with van der Waals surface area (Å²) in [5.41, 5.74) is 30.0. The molecule has 0 aromatic carbocycles. The number of rotatable bonds is 16. The highest BCUT2D eigenvalue weighted by atomic mass is 32.2. The second kappa shape index (κ2) is 18.3. The van der Waals surface area contributed by atoms with Crippen LogP contribution in [0.25, 0.3) is 0 Å². The summed E-state index contributed by atoms with van der Waals surface area (Å²) in [6.45, 7) is -0.510. The molecule has 17 atom stereocenters. The molecular weight excluding hydrogens is 678 g/mol. The summed E-state index contributed by atoms with van der Waals surface area (Å²) in [5.74, 6) is -0.428. The van der Waals surface area contributed by atoms with E-state index < -0.39 is 126 Å². The highest BCUT2D eigenvalue weighted by Crippen LogP contribution is 2.34. The van der Waals surface area contributed by atoms with E-state index >= 15 is 0 Å². The van der Waals surface area contributed by atoms with E-state index in [1.165, 1.54) is 0 Å². The van der Waals surface area contributed by atoms with Gasteiger partial charge in [0.15, 0.2) is 18.9 Å². The van der Waals surface area contributed by atoms with Crippen molar-refractivity contribution in [2.45, 2.75) is 123 Å². The first kappa shape index (κ1) is 41.0. The zero-order valence-corrected chi connectivity index (χ0v) is 27.9. The highest BCUT2D eigenvalue weighted by molar-refractivity contribution is 7.89. The van der Waals surface area contributed by atoms with Crippen molar-refractivity contribution in [3.8, 4) is 0 Å². The molecule has 1 aliphatic carbocycles. The Labute approximate surface area is 284 Å². The van der Waals surface area contributed by atoms with Gasteiger partial charge in [-0.3, -0.25) is 0 Å². The molecule has 18 N–H and O–H groups in total. The van der Waals surface area contributed by atoms with Gasteiger partial charge in [-0.2, -0.15) is 0 Å². The topological polar surface area (TPSA) is 365 Å². The molecule has 21 nitrogen and oxygen atoms in total. The number of aliphatic hydroxyl groups is 6. The lowest BCUT2D eigenvalue weighted by atomic mass is 9.84. The minimum atomic E-state index is -3.95. The maximum atomic E-state index is 12.6. The lowest BCUT2D eigenvalue weighted by Gasteiger charge is -2.47. The molecule has 22 heteroatoms. The van der Waals surface area contributed by atoms with Crippen LogP contribution in [0.4, 0.5) is 0 Å². The SMILES string of the molecule is NCCS(=O)(=O)N[C@@H]1C[C@H](N)[C@@H](O[C@H]2O[C@H](CNCCO)C(O)C[C@H]2N)[C@H](O[C@@H]2O[C@H](CO)[C@@H](O[C@H]3O[C@@H](CN)C[C@H](O)[C@H]3N)[C@H]2O)[C@H]1O. The van der Waals surface area contributed by atoms with Gasteiger partial charge in [-0.25, -0.2) is 13.1 Å². The first-order valence-electron chi connectivity index (χ1n) is 16.5. The van der Waals surface area contributed by atoms with Crippen molar-refractivity contribution in [1.82, 2.24) is 10.0 Å². The summed E-state index contributed by atoms with van der Waals surface area (Å²) >= 11 is 0. The van der Waals surface area contributed by atoms with Crippen LogP contribution in [0.15, 0.2) is 0 Å². The van der Waals surface area contributed by atoms with Crippen LogP contribution in [0, 0.1) is 0 Å². The molecule has 1 saturated carbocycles. The van der Waals surface area contributed by atoms with Crippen molar-refractivity contribution < 1.29 is 67.5 Å². The van der Waals surface area contributed by atoms with Gasteiger partial charge >= 0.3 is 0 Å². The normalized spacial score (nSPS) is 45.1. The molecule has 4 rings (SSSR count). The Morgan fingerprint density at radius 3 is 2.08 bits per heavy atom. The number of sulfonamides is 1. The van der Waals surface area contributed by atoms with E-state index in [2.05, 4.69) is 10.0 Å².